The van der Waals surface area contributed by atoms with Crippen LogP contribution in [0.4, 0.5) is 5.69 Å². The molecule has 0 aliphatic carbocycles. The Bertz CT molecular complexity index is 579. The zero-order chi connectivity index (χ0) is 13.9. The molecule has 0 saturated heterocycles. The standard InChI is InChI=1S/C18H21NO/c1-3-13-10-11-17-16(12-13)19-15(4-2)18(20-17)14-8-6-5-7-9-14/h5-12,15,18-19H,3-4H2,1-2H3. The first kappa shape index (κ1) is 13.0. The molecule has 2 heteroatoms. The summed E-state index contributed by atoms with van der Waals surface area (Å²) in [5.41, 5.74) is 3.70. The Morgan fingerprint density at radius 2 is 1.85 bits per heavy atom. The average Bonchev–Trinajstić information content (AvgIpc) is 2.53. The molecule has 0 saturated carbocycles. The second kappa shape index (κ2) is 5.58. The van der Waals surface area contributed by atoms with Gasteiger partial charge in [0.2, 0.25) is 0 Å². The fourth-order valence-corrected chi connectivity index (χ4v) is 2.77. The van der Waals surface area contributed by atoms with Gasteiger partial charge in [0.1, 0.15) is 11.9 Å². The van der Waals surface area contributed by atoms with Crippen molar-refractivity contribution in [2.45, 2.75) is 38.8 Å². The summed E-state index contributed by atoms with van der Waals surface area (Å²) < 4.78 is 6.26. The summed E-state index contributed by atoms with van der Waals surface area (Å²) in [6.45, 7) is 4.38. The molecular weight excluding hydrogens is 246 g/mol. The zero-order valence-electron chi connectivity index (χ0n) is 12.1. The van der Waals surface area contributed by atoms with E-state index in [0.29, 0.717) is 6.04 Å². The molecule has 1 aliphatic rings. The van der Waals surface area contributed by atoms with Crippen molar-refractivity contribution < 1.29 is 4.74 Å². The van der Waals surface area contributed by atoms with Gasteiger partial charge in [-0.1, -0.05) is 50.2 Å². The summed E-state index contributed by atoms with van der Waals surface area (Å²) in [5, 5.41) is 3.64. The number of ether oxygens (including phenoxy) is 1. The number of benzene rings is 2. The van der Waals surface area contributed by atoms with Gasteiger partial charge in [-0.05, 0) is 36.1 Å². The van der Waals surface area contributed by atoms with E-state index in [1.807, 2.05) is 6.07 Å². The van der Waals surface area contributed by atoms with Gasteiger partial charge < -0.3 is 10.1 Å². The maximum atomic E-state index is 6.26. The van der Waals surface area contributed by atoms with Gasteiger partial charge in [-0.2, -0.15) is 0 Å². The lowest BCUT2D eigenvalue weighted by Crippen LogP contribution is -2.34. The van der Waals surface area contributed by atoms with E-state index in [2.05, 4.69) is 61.6 Å². The SMILES string of the molecule is CCc1ccc2c(c1)NC(CC)C(c1ccccc1)O2. The Labute approximate surface area is 120 Å². The van der Waals surface area contributed by atoms with Gasteiger partial charge in [0.05, 0.1) is 11.7 Å². The van der Waals surface area contributed by atoms with Crippen LogP contribution in [0, 0.1) is 0 Å². The van der Waals surface area contributed by atoms with Crippen LogP contribution in [-0.4, -0.2) is 6.04 Å². The van der Waals surface area contributed by atoms with Crippen LogP contribution >= 0.6 is 0 Å². The Kier molecular flexibility index (Phi) is 3.64. The van der Waals surface area contributed by atoms with Crippen LogP contribution in [0.2, 0.25) is 0 Å². The molecule has 0 amide bonds. The topological polar surface area (TPSA) is 21.3 Å². The maximum absolute atomic E-state index is 6.26. The quantitative estimate of drug-likeness (QED) is 0.879. The molecule has 2 atom stereocenters. The van der Waals surface area contributed by atoms with Crippen molar-refractivity contribution in [1.82, 2.24) is 0 Å². The number of aryl methyl sites for hydroxylation is 1. The van der Waals surface area contributed by atoms with Gasteiger partial charge in [-0.25, -0.2) is 0 Å². The summed E-state index contributed by atoms with van der Waals surface area (Å²) in [7, 11) is 0. The number of rotatable bonds is 3. The van der Waals surface area contributed by atoms with Gasteiger partial charge in [0.15, 0.2) is 0 Å². The molecule has 1 aliphatic heterocycles. The second-order valence-electron chi connectivity index (χ2n) is 5.29. The predicted molar refractivity (Wildman–Crippen MR) is 83.3 cm³/mol. The van der Waals surface area contributed by atoms with E-state index < -0.39 is 0 Å². The minimum Gasteiger partial charge on any atom is -0.481 e. The maximum Gasteiger partial charge on any atom is 0.144 e. The van der Waals surface area contributed by atoms with E-state index in [1.54, 1.807) is 0 Å². The first-order valence-electron chi connectivity index (χ1n) is 7.43. The van der Waals surface area contributed by atoms with Crippen molar-refractivity contribution in [2.24, 2.45) is 0 Å². The van der Waals surface area contributed by atoms with Crippen LogP contribution in [0.15, 0.2) is 48.5 Å². The van der Waals surface area contributed by atoms with E-state index in [9.17, 15) is 0 Å². The van der Waals surface area contributed by atoms with E-state index >= 15 is 0 Å². The normalized spacial score (nSPS) is 20.7. The molecule has 2 aromatic carbocycles. The van der Waals surface area contributed by atoms with Crippen molar-refractivity contribution >= 4 is 5.69 Å². The van der Waals surface area contributed by atoms with E-state index in [-0.39, 0.29) is 6.10 Å². The lowest BCUT2D eigenvalue weighted by Gasteiger charge is -2.35. The van der Waals surface area contributed by atoms with Gasteiger partial charge in [0.25, 0.3) is 0 Å². The number of hydrogen-bond donors (Lipinski definition) is 1. The fraction of sp³-hybridized carbons (Fsp3) is 0.333. The number of fused-ring (bicyclic) bond motifs is 1. The van der Waals surface area contributed by atoms with Crippen molar-refractivity contribution in [3.63, 3.8) is 0 Å². The Hall–Kier alpha value is -1.96. The molecule has 1 heterocycles. The molecule has 104 valence electrons. The third-order valence-corrected chi connectivity index (χ3v) is 3.98. The molecule has 3 rings (SSSR count). The molecule has 0 radical (unpaired) electrons. The molecule has 0 bridgehead atoms. The lowest BCUT2D eigenvalue weighted by molar-refractivity contribution is 0.168. The van der Waals surface area contributed by atoms with E-state index in [0.717, 1.165) is 24.3 Å². The molecule has 2 aromatic rings. The van der Waals surface area contributed by atoms with Gasteiger partial charge in [0, 0.05) is 0 Å². The highest BCUT2D eigenvalue weighted by Gasteiger charge is 2.29. The fourth-order valence-electron chi connectivity index (χ4n) is 2.77. The predicted octanol–water partition coefficient (Wildman–Crippen LogP) is 4.57. The summed E-state index contributed by atoms with van der Waals surface area (Å²) in [6, 6.07) is 17.2. The largest absolute Gasteiger partial charge is 0.481 e. The summed E-state index contributed by atoms with van der Waals surface area (Å²) in [4.78, 5) is 0. The molecule has 0 aromatic heterocycles. The van der Waals surface area contributed by atoms with Crippen molar-refractivity contribution in [3.05, 3.63) is 59.7 Å². The summed E-state index contributed by atoms with van der Waals surface area (Å²) >= 11 is 0. The highest BCUT2D eigenvalue weighted by Crippen LogP contribution is 2.38. The minimum atomic E-state index is 0.0844. The van der Waals surface area contributed by atoms with Gasteiger partial charge in [-0.15, -0.1) is 0 Å². The Morgan fingerprint density at radius 1 is 1.05 bits per heavy atom. The summed E-state index contributed by atoms with van der Waals surface area (Å²) in [5.74, 6) is 0.959. The van der Waals surface area contributed by atoms with Crippen LogP contribution in [0.25, 0.3) is 0 Å². The minimum absolute atomic E-state index is 0.0844. The van der Waals surface area contributed by atoms with Crippen molar-refractivity contribution in [3.8, 4) is 5.75 Å². The van der Waals surface area contributed by atoms with Crippen LogP contribution in [0.3, 0.4) is 0 Å². The zero-order valence-corrected chi connectivity index (χ0v) is 12.1. The van der Waals surface area contributed by atoms with Crippen molar-refractivity contribution in [2.75, 3.05) is 5.32 Å². The van der Waals surface area contributed by atoms with Crippen LogP contribution in [0.1, 0.15) is 37.5 Å². The Morgan fingerprint density at radius 3 is 2.55 bits per heavy atom. The lowest BCUT2D eigenvalue weighted by atomic mass is 9.97. The van der Waals surface area contributed by atoms with Gasteiger partial charge in [-0.3, -0.25) is 0 Å². The second-order valence-corrected chi connectivity index (χ2v) is 5.29. The van der Waals surface area contributed by atoms with Gasteiger partial charge >= 0.3 is 0 Å². The van der Waals surface area contributed by atoms with Crippen LogP contribution in [-0.2, 0) is 6.42 Å². The molecule has 0 spiro atoms. The first-order valence-corrected chi connectivity index (χ1v) is 7.43. The van der Waals surface area contributed by atoms with Crippen LogP contribution in [0.5, 0.6) is 5.75 Å². The highest BCUT2D eigenvalue weighted by molar-refractivity contribution is 5.61. The highest BCUT2D eigenvalue weighted by atomic mass is 16.5. The molecule has 0 fully saturated rings. The monoisotopic (exact) mass is 267 g/mol. The third-order valence-electron chi connectivity index (χ3n) is 3.98. The first-order chi connectivity index (χ1) is 9.81. The molecule has 20 heavy (non-hydrogen) atoms. The van der Waals surface area contributed by atoms with Crippen molar-refractivity contribution in [1.29, 1.82) is 0 Å². The molecule has 2 nitrogen and oxygen atoms in total. The van der Waals surface area contributed by atoms with Crippen LogP contribution < -0.4 is 10.1 Å². The molecule has 2 unspecified atom stereocenters. The average molecular weight is 267 g/mol. The molecule has 1 N–H and O–H groups in total. The number of nitrogens with one attached hydrogen (secondary N) is 1. The smallest absolute Gasteiger partial charge is 0.144 e. The Balaban J connectivity index is 1.94. The number of anilines is 1. The van der Waals surface area contributed by atoms with E-state index in [4.69, 9.17) is 4.74 Å². The number of hydrogen-bond acceptors (Lipinski definition) is 2. The third kappa shape index (κ3) is 2.38. The molecular formula is C18H21NO. The van der Waals surface area contributed by atoms with E-state index in [1.165, 1.54) is 11.1 Å². The summed E-state index contributed by atoms with van der Waals surface area (Å²) in [6.07, 6.45) is 2.17.